The maximum atomic E-state index is 11.8. The molecule has 1 rings (SSSR count). The highest BCUT2D eigenvalue weighted by molar-refractivity contribution is 5.74. The van der Waals surface area contributed by atoms with E-state index in [2.05, 4.69) is 10.6 Å². The molecule has 1 unspecified atom stereocenters. The van der Waals surface area contributed by atoms with Crippen LogP contribution in [0.4, 0.5) is 4.79 Å². The molecule has 1 heterocycles. The Kier molecular flexibility index (Phi) is 6.78. The van der Waals surface area contributed by atoms with Crippen LogP contribution >= 0.6 is 0 Å². The van der Waals surface area contributed by atoms with Crippen LogP contribution in [-0.4, -0.2) is 23.7 Å². The molecule has 1 aromatic heterocycles. The first-order valence-corrected chi connectivity index (χ1v) is 7.18. The Hall–Kier alpha value is -1.98. The minimum atomic E-state index is -0.841. The molecular weight excluding hydrogens is 272 g/mol. The summed E-state index contributed by atoms with van der Waals surface area (Å²) in [5.74, 6) is 0.162. The molecule has 0 aliphatic carbocycles. The molecule has 2 atom stereocenters. The fourth-order valence-corrected chi connectivity index (χ4v) is 2.25. The van der Waals surface area contributed by atoms with Crippen LogP contribution in [0.25, 0.3) is 0 Å². The summed E-state index contributed by atoms with van der Waals surface area (Å²) >= 11 is 0. The summed E-state index contributed by atoms with van der Waals surface area (Å²) in [5.41, 5.74) is 0. The van der Waals surface area contributed by atoms with Crippen LogP contribution in [0.2, 0.25) is 0 Å². The fourth-order valence-electron chi connectivity index (χ4n) is 2.25. The monoisotopic (exact) mass is 296 g/mol. The van der Waals surface area contributed by atoms with Crippen LogP contribution in [0.3, 0.4) is 0 Å². The molecule has 118 valence electrons. The standard InChI is InChI=1S/C15H24N2O4/c1-10(2)7-12(8-14(18)19)9-16-15(20)17-11(3)13-5-4-6-21-13/h4-6,10-12H,7-9H2,1-3H3,(H,18,19)(H2,16,17,20)/t11?,12-/m0/s1. The molecule has 0 saturated heterocycles. The highest BCUT2D eigenvalue weighted by Crippen LogP contribution is 2.15. The van der Waals surface area contributed by atoms with Gasteiger partial charge < -0.3 is 20.2 Å². The molecule has 0 radical (unpaired) electrons. The normalized spacial score (nSPS) is 13.7. The van der Waals surface area contributed by atoms with Crippen molar-refractivity contribution in [3.8, 4) is 0 Å². The SMILES string of the molecule is CC(C)C[C@H](CNC(=O)NC(C)c1ccco1)CC(=O)O. The van der Waals surface area contributed by atoms with E-state index in [4.69, 9.17) is 9.52 Å². The first-order valence-electron chi connectivity index (χ1n) is 7.18. The van der Waals surface area contributed by atoms with Crippen molar-refractivity contribution in [2.45, 2.75) is 39.7 Å². The number of urea groups is 1. The Balaban J connectivity index is 2.40. The van der Waals surface area contributed by atoms with E-state index >= 15 is 0 Å². The van der Waals surface area contributed by atoms with Crippen molar-refractivity contribution in [2.75, 3.05) is 6.54 Å². The molecule has 0 saturated carbocycles. The Labute approximate surface area is 124 Å². The second kappa shape index (κ2) is 8.34. The number of carbonyl (C=O) groups is 2. The van der Waals surface area contributed by atoms with Gasteiger partial charge in [0.2, 0.25) is 0 Å². The smallest absolute Gasteiger partial charge is 0.315 e. The van der Waals surface area contributed by atoms with Gasteiger partial charge in [-0.3, -0.25) is 4.79 Å². The van der Waals surface area contributed by atoms with Crippen LogP contribution in [0.1, 0.15) is 45.4 Å². The number of aliphatic carboxylic acids is 1. The third-order valence-corrected chi connectivity index (χ3v) is 3.14. The Morgan fingerprint density at radius 1 is 1.33 bits per heavy atom. The summed E-state index contributed by atoms with van der Waals surface area (Å²) in [4.78, 5) is 22.6. The Bertz CT molecular complexity index is 443. The molecule has 0 bridgehead atoms. The predicted octanol–water partition coefficient (Wildman–Crippen LogP) is 2.78. The first kappa shape index (κ1) is 17.1. The van der Waals surface area contributed by atoms with Crippen molar-refractivity contribution < 1.29 is 19.1 Å². The lowest BCUT2D eigenvalue weighted by Crippen LogP contribution is -2.40. The zero-order chi connectivity index (χ0) is 15.8. The van der Waals surface area contributed by atoms with Crippen molar-refractivity contribution in [3.63, 3.8) is 0 Å². The molecule has 6 heteroatoms. The van der Waals surface area contributed by atoms with Gasteiger partial charge in [0.25, 0.3) is 0 Å². The lowest BCUT2D eigenvalue weighted by atomic mass is 9.94. The minimum Gasteiger partial charge on any atom is -0.481 e. The molecule has 0 spiro atoms. The van der Waals surface area contributed by atoms with Gasteiger partial charge in [-0.1, -0.05) is 13.8 Å². The first-order chi connectivity index (χ1) is 9.88. The predicted molar refractivity (Wildman–Crippen MR) is 78.9 cm³/mol. The van der Waals surface area contributed by atoms with Crippen molar-refractivity contribution in [3.05, 3.63) is 24.2 Å². The highest BCUT2D eigenvalue weighted by Gasteiger charge is 2.17. The number of carbonyl (C=O) groups excluding carboxylic acids is 1. The molecule has 0 aliphatic heterocycles. The minimum absolute atomic E-state index is 0.0617. The van der Waals surface area contributed by atoms with Crippen LogP contribution < -0.4 is 10.6 Å². The second-order valence-corrected chi connectivity index (χ2v) is 5.68. The molecule has 1 aromatic rings. The second-order valence-electron chi connectivity index (χ2n) is 5.68. The lowest BCUT2D eigenvalue weighted by Gasteiger charge is -2.19. The van der Waals surface area contributed by atoms with E-state index in [-0.39, 0.29) is 24.4 Å². The van der Waals surface area contributed by atoms with Crippen LogP contribution in [0, 0.1) is 11.8 Å². The van der Waals surface area contributed by atoms with E-state index in [0.717, 1.165) is 6.42 Å². The largest absolute Gasteiger partial charge is 0.481 e. The number of carboxylic acids is 1. The van der Waals surface area contributed by atoms with Crippen molar-refractivity contribution in [1.29, 1.82) is 0 Å². The number of hydrogen-bond acceptors (Lipinski definition) is 3. The average Bonchev–Trinajstić information content (AvgIpc) is 2.88. The Morgan fingerprint density at radius 3 is 2.57 bits per heavy atom. The summed E-state index contributed by atoms with van der Waals surface area (Å²) in [6, 6.07) is 2.99. The van der Waals surface area contributed by atoms with Gasteiger partial charge >= 0.3 is 12.0 Å². The molecule has 3 N–H and O–H groups in total. The van der Waals surface area contributed by atoms with Crippen molar-refractivity contribution in [2.24, 2.45) is 11.8 Å². The van der Waals surface area contributed by atoms with E-state index in [1.54, 1.807) is 18.4 Å². The summed E-state index contributed by atoms with van der Waals surface area (Å²) in [5, 5.41) is 14.4. The summed E-state index contributed by atoms with van der Waals surface area (Å²) in [6.45, 7) is 6.24. The average molecular weight is 296 g/mol. The quantitative estimate of drug-likeness (QED) is 0.688. The molecule has 0 aromatic carbocycles. The lowest BCUT2D eigenvalue weighted by molar-refractivity contribution is -0.138. The van der Waals surface area contributed by atoms with Gasteiger partial charge in [0.05, 0.1) is 12.3 Å². The van der Waals surface area contributed by atoms with Crippen molar-refractivity contribution in [1.82, 2.24) is 10.6 Å². The van der Waals surface area contributed by atoms with Gasteiger partial charge in [0.15, 0.2) is 0 Å². The van der Waals surface area contributed by atoms with Crippen LogP contribution in [-0.2, 0) is 4.79 Å². The number of nitrogens with one attached hydrogen (secondary N) is 2. The van der Waals surface area contributed by atoms with Gasteiger partial charge in [-0.15, -0.1) is 0 Å². The number of hydrogen-bond donors (Lipinski definition) is 3. The number of amides is 2. The van der Waals surface area contributed by atoms with Gasteiger partial charge in [-0.2, -0.15) is 0 Å². The number of furan rings is 1. The van der Waals surface area contributed by atoms with Gasteiger partial charge in [-0.05, 0) is 37.3 Å². The van der Waals surface area contributed by atoms with Gasteiger partial charge in [-0.25, -0.2) is 4.79 Å². The van der Waals surface area contributed by atoms with E-state index in [1.165, 1.54) is 0 Å². The Morgan fingerprint density at radius 2 is 2.05 bits per heavy atom. The highest BCUT2D eigenvalue weighted by atomic mass is 16.4. The van der Waals surface area contributed by atoms with Gasteiger partial charge in [0.1, 0.15) is 5.76 Å². The summed E-state index contributed by atoms with van der Waals surface area (Å²) in [7, 11) is 0. The van der Waals surface area contributed by atoms with E-state index < -0.39 is 5.97 Å². The van der Waals surface area contributed by atoms with E-state index in [9.17, 15) is 9.59 Å². The summed E-state index contributed by atoms with van der Waals surface area (Å²) < 4.78 is 5.21. The maximum Gasteiger partial charge on any atom is 0.315 e. The van der Waals surface area contributed by atoms with Crippen molar-refractivity contribution >= 4 is 12.0 Å². The topological polar surface area (TPSA) is 91.6 Å². The van der Waals surface area contributed by atoms with E-state index in [0.29, 0.717) is 18.2 Å². The van der Waals surface area contributed by atoms with E-state index in [1.807, 2.05) is 20.8 Å². The zero-order valence-electron chi connectivity index (χ0n) is 12.8. The molecule has 0 aliphatic rings. The molecule has 21 heavy (non-hydrogen) atoms. The molecular formula is C15H24N2O4. The van der Waals surface area contributed by atoms with Gasteiger partial charge in [0, 0.05) is 13.0 Å². The third kappa shape index (κ3) is 6.83. The van der Waals surface area contributed by atoms with Crippen LogP contribution in [0.15, 0.2) is 22.8 Å². The zero-order valence-corrected chi connectivity index (χ0v) is 12.8. The third-order valence-electron chi connectivity index (χ3n) is 3.14. The maximum absolute atomic E-state index is 11.8. The molecule has 2 amide bonds. The molecule has 6 nitrogen and oxygen atoms in total. The number of carboxylic acid groups (broad SMARTS) is 1. The summed E-state index contributed by atoms with van der Waals surface area (Å²) in [6.07, 6.45) is 2.38. The fraction of sp³-hybridized carbons (Fsp3) is 0.600. The number of rotatable bonds is 8. The van der Waals surface area contributed by atoms with Crippen LogP contribution in [0.5, 0.6) is 0 Å². The molecule has 0 fully saturated rings.